The van der Waals surface area contributed by atoms with Crippen LogP contribution in [0.4, 0.5) is 27.1 Å². The van der Waals surface area contributed by atoms with Crippen molar-refractivity contribution in [2.24, 2.45) is 0 Å². The summed E-state index contributed by atoms with van der Waals surface area (Å²) in [5, 5.41) is 14.6. The quantitative estimate of drug-likeness (QED) is 0.338. The first kappa shape index (κ1) is 25.7. The van der Waals surface area contributed by atoms with E-state index in [1.165, 1.54) is 12.1 Å². The SMILES string of the molecule is O=C(Nc1ccc(N2CCN(Cc3ccccc3F)CC2)cc1)c1ccc(N2CCCCC2)c([N+](=O)[O-])c1. The Morgan fingerprint density at radius 3 is 2.26 bits per heavy atom. The highest BCUT2D eigenvalue weighted by atomic mass is 19.1. The second-order valence-corrected chi connectivity index (χ2v) is 9.86. The van der Waals surface area contributed by atoms with Gasteiger partial charge in [-0.15, -0.1) is 0 Å². The Morgan fingerprint density at radius 2 is 1.58 bits per heavy atom. The number of piperazine rings is 1. The summed E-state index contributed by atoms with van der Waals surface area (Å²) in [5.41, 5.74) is 3.18. The maximum absolute atomic E-state index is 14.0. The molecule has 0 radical (unpaired) electrons. The van der Waals surface area contributed by atoms with Crippen LogP contribution in [0.1, 0.15) is 35.2 Å². The second kappa shape index (κ2) is 11.6. The van der Waals surface area contributed by atoms with Gasteiger partial charge in [0.25, 0.3) is 11.6 Å². The van der Waals surface area contributed by atoms with Gasteiger partial charge in [0, 0.05) is 74.4 Å². The van der Waals surface area contributed by atoms with E-state index in [4.69, 9.17) is 0 Å². The summed E-state index contributed by atoms with van der Waals surface area (Å²) >= 11 is 0. The number of nitrogens with zero attached hydrogens (tertiary/aromatic N) is 4. The minimum absolute atomic E-state index is 0.0379. The highest BCUT2D eigenvalue weighted by Crippen LogP contribution is 2.31. The number of amides is 1. The number of nitro groups is 1. The van der Waals surface area contributed by atoms with Crippen LogP contribution in [0.25, 0.3) is 0 Å². The number of halogens is 1. The van der Waals surface area contributed by atoms with Crippen molar-refractivity contribution in [3.8, 4) is 0 Å². The van der Waals surface area contributed by atoms with Gasteiger partial charge in [-0.1, -0.05) is 18.2 Å². The van der Waals surface area contributed by atoms with Crippen molar-refractivity contribution in [1.29, 1.82) is 0 Å². The van der Waals surface area contributed by atoms with Gasteiger partial charge in [-0.05, 0) is 61.7 Å². The molecule has 0 spiro atoms. The number of benzene rings is 3. The zero-order chi connectivity index (χ0) is 26.5. The van der Waals surface area contributed by atoms with E-state index in [9.17, 15) is 19.3 Å². The van der Waals surface area contributed by atoms with Crippen LogP contribution in [0.3, 0.4) is 0 Å². The van der Waals surface area contributed by atoms with Gasteiger partial charge in [-0.3, -0.25) is 19.8 Å². The van der Waals surface area contributed by atoms with Crippen molar-refractivity contribution in [3.63, 3.8) is 0 Å². The van der Waals surface area contributed by atoms with Crippen LogP contribution >= 0.6 is 0 Å². The Hall–Kier alpha value is -3.98. The van der Waals surface area contributed by atoms with Crippen molar-refractivity contribution < 1.29 is 14.1 Å². The van der Waals surface area contributed by atoms with Crippen LogP contribution in [0, 0.1) is 15.9 Å². The summed E-state index contributed by atoms with van der Waals surface area (Å²) in [6, 6.07) is 19.2. The summed E-state index contributed by atoms with van der Waals surface area (Å²) < 4.78 is 14.0. The normalized spacial score (nSPS) is 16.3. The molecule has 5 rings (SSSR count). The molecule has 2 fully saturated rings. The predicted molar refractivity (Wildman–Crippen MR) is 147 cm³/mol. The van der Waals surface area contributed by atoms with Gasteiger partial charge in [0.15, 0.2) is 0 Å². The number of anilines is 3. The van der Waals surface area contributed by atoms with E-state index in [0.29, 0.717) is 23.5 Å². The first-order valence-electron chi connectivity index (χ1n) is 13.1. The van der Waals surface area contributed by atoms with Gasteiger partial charge < -0.3 is 15.1 Å². The van der Waals surface area contributed by atoms with E-state index >= 15 is 0 Å². The molecule has 0 aromatic heterocycles. The molecule has 8 nitrogen and oxygen atoms in total. The van der Waals surface area contributed by atoms with E-state index in [1.54, 1.807) is 18.2 Å². The van der Waals surface area contributed by atoms with Crippen LogP contribution < -0.4 is 15.1 Å². The maximum atomic E-state index is 14.0. The molecule has 2 heterocycles. The van der Waals surface area contributed by atoms with Crippen molar-refractivity contribution in [3.05, 3.63) is 93.8 Å². The number of nitro benzene ring substituents is 1. The molecule has 0 unspecified atom stereocenters. The molecule has 2 aliphatic rings. The predicted octanol–water partition coefficient (Wildman–Crippen LogP) is 5.30. The minimum atomic E-state index is -0.411. The summed E-state index contributed by atoms with van der Waals surface area (Å²) in [5.74, 6) is -0.548. The molecule has 0 saturated carbocycles. The molecule has 0 bridgehead atoms. The van der Waals surface area contributed by atoms with Crippen LogP contribution in [0.2, 0.25) is 0 Å². The Bertz CT molecular complexity index is 1290. The Morgan fingerprint density at radius 1 is 0.868 bits per heavy atom. The lowest BCUT2D eigenvalue weighted by Crippen LogP contribution is -2.46. The largest absolute Gasteiger partial charge is 0.369 e. The number of carbonyl (C=O) groups excluding carboxylic acids is 1. The minimum Gasteiger partial charge on any atom is -0.369 e. The first-order chi connectivity index (χ1) is 18.5. The van der Waals surface area contributed by atoms with Gasteiger partial charge in [-0.25, -0.2) is 4.39 Å². The average Bonchev–Trinajstić information content (AvgIpc) is 2.95. The third kappa shape index (κ3) is 5.94. The summed E-state index contributed by atoms with van der Waals surface area (Å²) in [7, 11) is 0. The van der Waals surface area contributed by atoms with Crippen molar-refractivity contribution >= 4 is 28.7 Å². The van der Waals surface area contributed by atoms with E-state index in [2.05, 4.69) is 15.1 Å². The Labute approximate surface area is 221 Å². The molecule has 9 heteroatoms. The highest BCUT2D eigenvalue weighted by molar-refractivity contribution is 6.05. The van der Waals surface area contributed by atoms with Gasteiger partial charge in [0.1, 0.15) is 11.5 Å². The third-order valence-electron chi connectivity index (χ3n) is 7.35. The van der Waals surface area contributed by atoms with Crippen LogP contribution in [-0.4, -0.2) is 55.0 Å². The number of nitrogens with one attached hydrogen (secondary N) is 1. The molecule has 2 saturated heterocycles. The molecule has 0 aliphatic carbocycles. The lowest BCUT2D eigenvalue weighted by atomic mass is 10.1. The number of carbonyl (C=O) groups is 1. The molecule has 198 valence electrons. The molecule has 3 aromatic carbocycles. The fourth-order valence-electron chi connectivity index (χ4n) is 5.20. The molecular weight excluding hydrogens is 485 g/mol. The Kier molecular flexibility index (Phi) is 7.83. The standard InChI is InChI=1S/C29H32FN5O3/c30-26-7-3-2-6-23(26)21-32-16-18-33(19-17-32)25-11-9-24(10-12-25)31-29(36)22-8-13-27(28(20-22)35(37)38)34-14-4-1-5-15-34/h2-3,6-13,20H,1,4-5,14-19,21H2,(H,31,36). The van der Waals surface area contributed by atoms with Crippen molar-refractivity contribution in [2.75, 3.05) is 54.4 Å². The monoisotopic (exact) mass is 517 g/mol. The summed E-state index contributed by atoms with van der Waals surface area (Å²) in [4.78, 5) is 30.8. The number of hydrogen-bond donors (Lipinski definition) is 1. The van der Waals surface area contributed by atoms with Crippen LogP contribution in [0.15, 0.2) is 66.7 Å². The zero-order valence-corrected chi connectivity index (χ0v) is 21.3. The lowest BCUT2D eigenvalue weighted by Gasteiger charge is -2.36. The molecule has 1 N–H and O–H groups in total. The van der Waals surface area contributed by atoms with Gasteiger partial charge in [0.05, 0.1) is 4.92 Å². The fraction of sp³-hybridized carbons (Fsp3) is 0.345. The van der Waals surface area contributed by atoms with E-state index in [1.807, 2.05) is 41.3 Å². The van der Waals surface area contributed by atoms with Gasteiger partial charge >= 0.3 is 0 Å². The number of piperidine rings is 1. The van der Waals surface area contributed by atoms with Gasteiger partial charge in [-0.2, -0.15) is 0 Å². The average molecular weight is 518 g/mol. The van der Waals surface area contributed by atoms with E-state index in [0.717, 1.165) is 64.2 Å². The van der Waals surface area contributed by atoms with Gasteiger partial charge in [0.2, 0.25) is 0 Å². The molecular formula is C29H32FN5O3. The molecule has 0 atom stereocenters. The zero-order valence-electron chi connectivity index (χ0n) is 21.3. The second-order valence-electron chi connectivity index (χ2n) is 9.86. The lowest BCUT2D eigenvalue weighted by molar-refractivity contribution is -0.384. The van der Waals surface area contributed by atoms with Crippen LogP contribution in [0.5, 0.6) is 0 Å². The number of rotatable bonds is 7. The number of hydrogen-bond acceptors (Lipinski definition) is 6. The Balaban J connectivity index is 1.18. The summed E-state index contributed by atoms with van der Waals surface area (Å²) in [6.07, 6.45) is 3.16. The molecule has 1 amide bonds. The molecule has 3 aromatic rings. The fourth-order valence-corrected chi connectivity index (χ4v) is 5.20. The molecule has 38 heavy (non-hydrogen) atoms. The van der Waals surface area contributed by atoms with Crippen LogP contribution in [-0.2, 0) is 6.54 Å². The van der Waals surface area contributed by atoms with E-state index in [-0.39, 0.29) is 23.0 Å². The van der Waals surface area contributed by atoms with Crippen molar-refractivity contribution in [2.45, 2.75) is 25.8 Å². The maximum Gasteiger partial charge on any atom is 0.293 e. The topological polar surface area (TPSA) is 82.0 Å². The first-order valence-corrected chi connectivity index (χ1v) is 13.1. The molecule has 2 aliphatic heterocycles. The summed E-state index contributed by atoms with van der Waals surface area (Å²) in [6.45, 7) is 5.50. The van der Waals surface area contributed by atoms with E-state index < -0.39 is 4.92 Å². The van der Waals surface area contributed by atoms with Crippen molar-refractivity contribution in [1.82, 2.24) is 4.90 Å². The third-order valence-corrected chi connectivity index (χ3v) is 7.35. The highest BCUT2D eigenvalue weighted by Gasteiger charge is 2.23. The smallest absolute Gasteiger partial charge is 0.293 e.